The average Bonchev–Trinajstić information content (AvgIpc) is 2.94. The van der Waals surface area contributed by atoms with E-state index in [1.807, 2.05) is 13.2 Å². The molecule has 0 saturated carbocycles. The highest BCUT2D eigenvalue weighted by Gasteiger charge is 2.12. The van der Waals surface area contributed by atoms with E-state index in [0.717, 1.165) is 5.52 Å². The fourth-order valence-electron chi connectivity index (χ4n) is 2.31. The second-order valence-electron chi connectivity index (χ2n) is 5.16. The van der Waals surface area contributed by atoms with Crippen molar-refractivity contribution in [1.29, 1.82) is 0 Å². The predicted octanol–water partition coefficient (Wildman–Crippen LogP) is 2.26. The number of esters is 1. The van der Waals surface area contributed by atoms with Crippen molar-refractivity contribution < 1.29 is 19.0 Å². The Morgan fingerprint density at radius 3 is 2.91 bits per heavy atom. The van der Waals surface area contributed by atoms with Crippen LogP contribution in [0.25, 0.3) is 10.9 Å². The van der Waals surface area contributed by atoms with Gasteiger partial charge in [0.1, 0.15) is 19.2 Å². The molecule has 1 aromatic carbocycles. The minimum absolute atomic E-state index is 0.0248. The molecule has 3 rings (SSSR count). The number of fused-ring (bicyclic) bond motifs is 1. The van der Waals surface area contributed by atoms with Crippen LogP contribution in [0.5, 0.6) is 0 Å². The van der Waals surface area contributed by atoms with Crippen LogP contribution in [-0.4, -0.2) is 15.9 Å². The summed E-state index contributed by atoms with van der Waals surface area (Å²) in [5, 5.41) is 11.5. The molecule has 7 nitrogen and oxygen atoms in total. The van der Waals surface area contributed by atoms with Crippen LogP contribution < -0.4 is 4.57 Å². The molecule has 0 aliphatic carbocycles. The minimum atomic E-state index is -0.443. The molecule has 0 radical (unpaired) electrons. The summed E-state index contributed by atoms with van der Waals surface area (Å²) in [7, 11) is 1.82. The SMILES string of the molecule is C[n+]1cccc(C(=O)OCc2cc3cc([N+](=O)[O-])ccc3[nH]2)c1. The Balaban J connectivity index is 1.74. The summed E-state index contributed by atoms with van der Waals surface area (Å²) in [6.45, 7) is 0.0694. The second-order valence-corrected chi connectivity index (χ2v) is 5.16. The molecule has 1 N–H and O–H groups in total. The first kappa shape index (κ1) is 14.7. The Morgan fingerprint density at radius 1 is 1.35 bits per heavy atom. The van der Waals surface area contributed by atoms with E-state index in [4.69, 9.17) is 4.74 Å². The lowest BCUT2D eigenvalue weighted by Crippen LogP contribution is -2.28. The van der Waals surface area contributed by atoms with Crippen molar-refractivity contribution in [3.05, 3.63) is 70.2 Å². The van der Waals surface area contributed by atoms with Gasteiger partial charge in [-0.25, -0.2) is 9.36 Å². The summed E-state index contributed by atoms with van der Waals surface area (Å²) in [4.78, 5) is 25.4. The molecule has 0 unspecified atom stereocenters. The topological polar surface area (TPSA) is 89.1 Å². The Labute approximate surface area is 131 Å². The van der Waals surface area contributed by atoms with Crippen molar-refractivity contribution in [3.63, 3.8) is 0 Å². The monoisotopic (exact) mass is 312 g/mol. The largest absolute Gasteiger partial charge is 0.456 e. The van der Waals surface area contributed by atoms with Gasteiger partial charge in [0.2, 0.25) is 0 Å². The van der Waals surface area contributed by atoms with Crippen LogP contribution in [0.2, 0.25) is 0 Å². The third-order valence-corrected chi connectivity index (χ3v) is 3.41. The number of carbonyl (C=O) groups excluding carboxylic acids is 1. The van der Waals surface area contributed by atoms with Crippen LogP contribution in [0, 0.1) is 10.1 Å². The summed E-state index contributed by atoms with van der Waals surface area (Å²) >= 11 is 0. The van der Waals surface area contributed by atoms with Crippen molar-refractivity contribution in [2.24, 2.45) is 7.05 Å². The van der Waals surface area contributed by atoms with Gasteiger partial charge in [0.25, 0.3) is 5.69 Å². The Hall–Kier alpha value is -3.22. The first-order valence-corrected chi connectivity index (χ1v) is 6.91. The summed E-state index contributed by atoms with van der Waals surface area (Å²) in [5.41, 5.74) is 1.92. The number of benzene rings is 1. The first-order valence-electron chi connectivity index (χ1n) is 6.91. The van der Waals surface area contributed by atoms with E-state index in [9.17, 15) is 14.9 Å². The van der Waals surface area contributed by atoms with Crippen LogP contribution in [0.1, 0.15) is 16.1 Å². The number of rotatable bonds is 4. The van der Waals surface area contributed by atoms with E-state index in [0.29, 0.717) is 16.6 Å². The average molecular weight is 312 g/mol. The highest BCUT2D eigenvalue weighted by atomic mass is 16.6. The van der Waals surface area contributed by atoms with Gasteiger partial charge in [0.05, 0.1) is 10.6 Å². The molecule has 23 heavy (non-hydrogen) atoms. The summed E-state index contributed by atoms with van der Waals surface area (Å²) < 4.78 is 7.02. The molecular weight excluding hydrogens is 298 g/mol. The maximum absolute atomic E-state index is 12.0. The maximum Gasteiger partial charge on any atom is 0.344 e. The third-order valence-electron chi connectivity index (χ3n) is 3.41. The number of nitro benzene ring substituents is 1. The van der Waals surface area contributed by atoms with Gasteiger partial charge in [0.15, 0.2) is 12.4 Å². The molecule has 0 fully saturated rings. The molecule has 0 spiro atoms. The van der Waals surface area contributed by atoms with E-state index in [1.54, 1.807) is 35.0 Å². The Bertz CT molecular complexity index is 901. The van der Waals surface area contributed by atoms with E-state index >= 15 is 0 Å². The number of non-ortho nitro benzene ring substituents is 1. The van der Waals surface area contributed by atoms with Crippen molar-refractivity contribution in [2.45, 2.75) is 6.61 Å². The van der Waals surface area contributed by atoms with Crippen LogP contribution in [0.3, 0.4) is 0 Å². The molecule has 0 atom stereocenters. The number of nitrogens with zero attached hydrogens (tertiary/aromatic N) is 2. The van der Waals surface area contributed by atoms with Gasteiger partial charge < -0.3 is 9.72 Å². The van der Waals surface area contributed by atoms with Gasteiger partial charge >= 0.3 is 5.97 Å². The van der Waals surface area contributed by atoms with Crippen LogP contribution in [0.4, 0.5) is 5.69 Å². The summed E-state index contributed by atoms with van der Waals surface area (Å²) in [6, 6.07) is 9.72. The number of hydrogen-bond donors (Lipinski definition) is 1. The number of hydrogen-bond acceptors (Lipinski definition) is 4. The van der Waals surface area contributed by atoms with Crippen LogP contribution in [0.15, 0.2) is 48.8 Å². The highest BCUT2D eigenvalue weighted by Crippen LogP contribution is 2.22. The number of carbonyl (C=O) groups is 1. The van der Waals surface area contributed by atoms with E-state index < -0.39 is 10.9 Å². The van der Waals surface area contributed by atoms with E-state index in [2.05, 4.69) is 4.98 Å². The lowest BCUT2D eigenvalue weighted by Gasteiger charge is -2.02. The number of nitro groups is 1. The Kier molecular flexibility index (Phi) is 3.76. The summed E-state index contributed by atoms with van der Waals surface area (Å²) in [6.07, 6.45) is 3.50. The van der Waals surface area contributed by atoms with Gasteiger partial charge in [-0.15, -0.1) is 0 Å². The van der Waals surface area contributed by atoms with Gasteiger partial charge in [-0.2, -0.15) is 0 Å². The van der Waals surface area contributed by atoms with E-state index in [1.165, 1.54) is 12.1 Å². The fourth-order valence-corrected chi connectivity index (χ4v) is 2.31. The molecule has 3 aromatic rings. The summed E-state index contributed by atoms with van der Waals surface area (Å²) in [5.74, 6) is -0.425. The molecule has 2 aromatic heterocycles. The molecule has 2 heterocycles. The zero-order valence-electron chi connectivity index (χ0n) is 12.4. The lowest BCUT2D eigenvalue weighted by molar-refractivity contribution is -0.671. The number of aromatic amines is 1. The smallest absolute Gasteiger partial charge is 0.344 e. The normalized spacial score (nSPS) is 10.7. The molecule has 0 aliphatic heterocycles. The van der Waals surface area contributed by atoms with Crippen LogP contribution in [-0.2, 0) is 18.4 Å². The number of aryl methyl sites for hydroxylation is 1. The molecule has 0 bridgehead atoms. The predicted molar refractivity (Wildman–Crippen MR) is 81.7 cm³/mol. The highest BCUT2D eigenvalue weighted by molar-refractivity contribution is 5.88. The number of nitrogens with one attached hydrogen (secondary N) is 1. The molecule has 0 saturated heterocycles. The number of H-pyrrole nitrogens is 1. The van der Waals surface area contributed by atoms with Crippen molar-refractivity contribution in [1.82, 2.24) is 4.98 Å². The molecule has 0 aliphatic rings. The Morgan fingerprint density at radius 2 is 2.17 bits per heavy atom. The van der Waals surface area contributed by atoms with Crippen molar-refractivity contribution in [3.8, 4) is 0 Å². The maximum atomic E-state index is 12.0. The van der Waals surface area contributed by atoms with E-state index in [-0.39, 0.29) is 12.3 Å². The number of pyridine rings is 1. The zero-order chi connectivity index (χ0) is 16.4. The van der Waals surface area contributed by atoms with Crippen LogP contribution >= 0.6 is 0 Å². The lowest BCUT2D eigenvalue weighted by atomic mass is 10.2. The third kappa shape index (κ3) is 3.18. The number of aromatic nitrogens is 2. The fraction of sp³-hybridized carbons (Fsp3) is 0.125. The molecule has 116 valence electrons. The van der Waals surface area contributed by atoms with Gasteiger partial charge in [-0.3, -0.25) is 10.1 Å². The number of ether oxygens (including phenoxy) is 1. The molecule has 7 heteroatoms. The molecule has 0 amide bonds. The zero-order valence-corrected chi connectivity index (χ0v) is 12.4. The standard InChI is InChI=1S/C16H14N3O4/c1-18-6-2-3-11(9-18)16(20)23-10-13-7-12-8-14(19(21)22)4-5-15(12)17-13/h2-9,17H,10H2,1H3/q+1. The van der Waals surface area contributed by atoms with Crippen molar-refractivity contribution >= 4 is 22.6 Å². The van der Waals surface area contributed by atoms with Crippen molar-refractivity contribution in [2.75, 3.05) is 0 Å². The van der Waals surface area contributed by atoms with Gasteiger partial charge in [0, 0.05) is 29.1 Å². The minimum Gasteiger partial charge on any atom is -0.456 e. The molecular formula is C16H14N3O4+. The van der Waals surface area contributed by atoms with Gasteiger partial charge in [-0.05, 0) is 18.2 Å². The van der Waals surface area contributed by atoms with Gasteiger partial charge in [-0.1, -0.05) is 0 Å². The first-order chi connectivity index (χ1) is 11.0. The second kappa shape index (κ2) is 5.88. The quantitative estimate of drug-likeness (QED) is 0.346.